The van der Waals surface area contributed by atoms with Crippen LogP contribution in [0.15, 0.2) is 78.4 Å². The summed E-state index contributed by atoms with van der Waals surface area (Å²) in [7, 11) is 0. The van der Waals surface area contributed by atoms with E-state index in [-0.39, 0.29) is 33.8 Å². The van der Waals surface area contributed by atoms with Crippen molar-refractivity contribution in [3.63, 3.8) is 0 Å². The molecule has 0 radical (unpaired) electrons. The fourth-order valence-corrected chi connectivity index (χ4v) is 2.88. The maximum Gasteiger partial charge on any atom is 0.350 e. The second-order valence-electron chi connectivity index (χ2n) is 6.71. The average Bonchev–Trinajstić information content (AvgIpc) is 2.83. The number of carbonyl (C=O) groups excluding carboxylic acids is 2. The fourth-order valence-electron chi connectivity index (χ4n) is 2.88. The summed E-state index contributed by atoms with van der Waals surface area (Å²) < 4.78 is 5.18. The molecule has 0 bridgehead atoms. The zero-order chi connectivity index (χ0) is 24.7. The van der Waals surface area contributed by atoms with Gasteiger partial charge in [0.25, 0.3) is 11.6 Å². The van der Waals surface area contributed by atoms with Crippen molar-refractivity contribution in [2.75, 3.05) is 5.32 Å². The Hall–Kier alpha value is -5.30. The second kappa shape index (κ2) is 10.3. The number of nitrogens with one attached hydrogen (secondary N) is 1. The van der Waals surface area contributed by atoms with Gasteiger partial charge in [-0.1, -0.05) is 36.4 Å². The molecule has 34 heavy (non-hydrogen) atoms. The highest BCUT2D eigenvalue weighted by atomic mass is 16.6. The number of carboxylic acids is 1. The normalized spacial score (nSPS) is 10.6. The quantitative estimate of drug-likeness (QED) is 0.134. The van der Waals surface area contributed by atoms with E-state index >= 15 is 0 Å². The van der Waals surface area contributed by atoms with Crippen LogP contribution in [-0.4, -0.2) is 27.9 Å². The van der Waals surface area contributed by atoms with Crippen molar-refractivity contribution in [1.82, 2.24) is 0 Å². The molecule has 1 amide bonds. The van der Waals surface area contributed by atoms with Crippen LogP contribution in [0, 0.1) is 21.4 Å². The van der Waals surface area contributed by atoms with E-state index < -0.39 is 22.8 Å². The summed E-state index contributed by atoms with van der Waals surface area (Å²) >= 11 is 0. The number of amides is 1. The molecule has 0 saturated carbocycles. The first-order chi connectivity index (χ1) is 16.3. The van der Waals surface area contributed by atoms with Gasteiger partial charge in [0.1, 0.15) is 23.0 Å². The molecule has 0 aliphatic carbocycles. The Kier molecular flexibility index (Phi) is 7.11. The summed E-state index contributed by atoms with van der Waals surface area (Å²) in [6, 6.07) is 18.6. The van der Waals surface area contributed by atoms with Gasteiger partial charge in [0.15, 0.2) is 0 Å². The molecule has 0 saturated heterocycles. The van der Waals surface area contributed by atoms with E-state index in [0.717, 1.165) is 0 Å². The van der Waals surface area contributed by atoms with Crippen molar-refractivity contribution in [3.8, 4) is 11.8 Å². The summed E-state index contributed by atoms with van der Waals surface area (Å²) in [6.45, 7) is 0. The molecule has 0 atom stereocenters. The number of benzene rings is 3. The van der Waals surface area contributed by atoms with Gasteiger partial charge in [-0.05, 0) is 42.0 Å². The van der Waals surface area contributed by atoms with Crippen LogP contribution < -0.4 is 10.1 Å². The van der Waals surface area contributed by atoms with Crippen LogP contribution in [0.25, 0.3) is 6.08 Å². The molecule has 0 unspecified atom stereocenters. The molecule has 3 rings (SSSR count). The third-order valence-corrected chi connectivity index (χ3v) is 4.49. The van der Waals surface area contributed by atoms with E-state index in [1.54, 1.807) is 12.1 Å². The van der Waals surface area contributed by atoms with Crippen LogP contribution in [0.2, 0.25) is 0 Å². The molecule has 10 heteroatoms. The number of esters is 1. The highest BCUT2D eigenvalue weighted by Gasteiger charge is 2.21. The number of aromatic carboxylic acids is 1. The van der Waals surface area contributed by atoms with Gasteiger partial charge in [-0.3, -0.25) is 14.9 Å². The lowest BCUT2D eigenvalue weighted by atomic mass is 10.1. The first-order valence-corrected chi connectivity index (χ1v) is 9.61. The number of carboxylic acid groups (broad SMARTS) is 1. The topological polar surface area (TPSA) is 160 Å². The Bertz CT molecular complexity index is 1360. The first kappa shape index (κ1) is 23.4. The van der Waals surface area contributed by atoms with Crippen molar-refractivity contribution >= 4 is 35.3 Å². The van der Waals surface area contributed by atoms with Crippen molar-refractivity contribution in [1.29, 1.82) is 5.26 Å². The van der Waals surface area contributed by atoms with Gasteiger partial charge in [0.2, 0.25) is 0 Å². The monoisotopic (exact) mass is 457 g/mol. The van der Waals surface area contributed by atoms with Gasteiger partial charge in [-0.25, -0.2) is 9.59 Å². The minimum atomic E-state index is -1.23. The molecule has 10 nitrogen and oxygen atoms in total. The summed E-state index contributed by atoms with van der Waals surface area (Å²) in [5.74, 6) is -2.85. The highest BCUT2D eigenvalue weighted by molar-refractivity contribution is 6.11. The third-order valence-electron chi connectivity index (χ3n) is 4.49. The van der Waals surface area contributed by atoms with Gasteiger partial charge >= 0.3 is 11.9 Å². The maximum atomic E-state index is 12.5. The zero-order valence-electron chi connectivity index (χ0n) is 17.3. The van der Waals surface area contributed by atoms with Gasteiger partial charge in [-0.15, -0.1) is 0 Å². The number of anilines is 1. The molecule has 0 spiro atoms. The Morgan fingerprint density at radius 3 is 2.21 bits per heavy atom. The number of nitrogens with zero attached hydrogens (tertiary/aromatic N) is 2. The van der Waals surface area contributed by atoms with Crippen LogP contribution in [0.5, 0.6) is 5.75 Å². The van der Waals surface area contributed by atoms with Crippen LogP contribution in [0.3, 0.4) is 0 Å². The average molecular weight is 457 g/mol. The highest BCUT2D eigenvalue weighted by Crippen LogP contribution is 2.22. The largest absolute Gasteiger partial charge is 0.478 e. The lowest BCUT2D eigenvalue weighted by Crippen LogP contribution is -2.16. The Balaban J connectivity index is 1.75. The number of rotatable bonds is 7. The van der Waals surface area contributed by atoms with Gasteiger partial charge in [0, 0.05) is 6.07 Å². The van der Waals surface area contributed by atoms with E-state index in [2.05, 4.69) is 5.32 Å². The molecule has 0 heterocycles. The van der Waals surface area contributed by atoms with Crippen molar-refractivity contribution in [3.05, 3.63) is 105 Å². The molecule has 0 aliphatic rings. The molecule has 0 fully saturated rings. The maximum absolute atomic E-state index is 12.5. The van der Waals surface area contributed by atoms with Crippen LogP contribution in [0.4, 0.5) is 11.4 Å². The number of nitro groups is 1. The molecule has 2 N–H and O–H groups in total. The van der Waals surface area contributed by atoms with Gasteiger partial charge in [0.05, 0.1) is 16.2 Å². The minimum Gasteiger partial charge on any atom is -0.478 e. The first-order valence-electron chi connectivity index (χ1n) is 9.61. The van der Waals surface area contributed by atoms with Crippen LogP contribution >= 0.6 is 0 Å². The molecule has 3 aromatic rings. The zero-order valence-corrected chi connectivity index (χ0v) is 17.3. The predicted octanol–water partition coefficient (Wildman–Crippen LogP) is 4.06. The summed E-state index contributed by atoms with van der Waals surface area (Å²) in [4.78, 5) is 46.4. The van der Waals surface area contributed by atoms with Crippen molar-refractivity contribution in [2.45, 2.75) is 0 Å². The third kappa shape index (κ3) is 5.49. The number of hydrogen-bond acceptors (Lipinski definition) is 7. The fraction of sp³-hybridized carbons (Fsp3) is 0. The number of nitro benzene ring substituents is 1. The number of carbonyl (C=O) groups is 3. The Morgan fingerprint density at radius 1 is 0.971 bits per heavy atom. The minimum absolute atomic E-state index is 0.0402. The molecule has 168 valence electrons. The van der Waals surface area contributed by atoms with E-state index in [0.29, 0.717) is 5.56 Å². The number of nitriles is 1. The van der Waals surface area contributed by atoms with Crippen molar-refractivity contribution < 1.29 is 29.2 Å². The number of para-hydroxylation sites is 2. The summed E-state index contributed by atoms with van der Waals surface area (Å²) in [5, 5.41) is 32.1. The molecule has 0 aromatic heterocycles. The van der Waals surface area contributed by atoms with Gasteiger partial charge in [-0.2, -0.15) is 5.26 Å². The Morgan fingerprint density at radius 2 is 1.59 bits per heavy atom. The summed E-state index contributed by atoms with van der Waals surface area (Å²) in [5.41, 5.74) is -0.548. The number of hydrogen-bond donors (Lipinski definition) is 2. The van der Waals surface area contributed by atoms with Crippen molar-refractivity contribution in [2.24, 2.45) is 0 Å². The van der Waals surface area contributed by atoms with E-state index in [4.69, 9.17) is 4.74 Å². The second-order valence-corrected chi connectivity index (χ2v) is 6.71. The smallest absolute Gasteiger partial charge is 0.350 e. The Labute approximate surface area is 192 Å². The lowest BCUT2D eigenvalue weighted by molar-refractivity contribution is -0.385. The van der Waals surface area contributed by atoms with Gasteiger partial charge < -0.3 is 15.2 Å². The lowest BCUT2D eigenvalue weighted by Gasteiger charge is -2.08. The standard InChI is InChI=1S/C24H15N3O7/c25-14-16(22(28)26-20-7-3-1-5-18(20)23(29)30)13-15-9-11-17(12-10-15)34-24(31)19-6-2-4-8-21(19)27(32)33/h1-13H,(H,26,28)(H,29,30)/b16-13+. The SMILES string of the molecule is N#C/C(=C\c1ccc(OC(=O)c2ccccc2[N+](=O)[O-])cc1)C(=O)Nc1ccccc1C(=O)O. The van der Waals surface area contributed by atoms with Crippen LogP contribution in [0.1, 0.15) is 26.3 Å². The summed E-state index contributed by atoms with van der Waals surface area (Å²) in [6.07, 6.45) is 1.27. The van der Waals surface area contributed by atoms with Crippen LogP contribution in [-0.2, 0) is 4.79 Å². The van der Waals surface area contributed by atoms with E-state index in [1.165, 1.54) is 72.8 Å². The molecule has 0 aliphatic heterocycles. The molecular weight excluding hydrogens is 442 g/mol. The molecular formula is C24H15N3O7. The van der Waals surface area contributed by atoms with E-state index in [1.807, 2.05) is 0 Å². The molecule has 3 aromatic carbocycles. The van der Waals surface area contributed by atoms with E-state index in [9.17, 15) is 34.9 Å². The number of ether oxygens (including phenoxy) is 1. The predicted molar refractivity (Wildman–Crippen MR) is 120 cm³/mol.